The number of likely N-dealkylation sites (tertiary alicyclic amines) is 1. The van der Waals surface area contributed by atoms with Crippen molar-refractivity contribution in [1.82, 2.24) is 9.88 Å². The summed E-state index contributed by atoms with van der Waals surface area (Å²) in [5.41, 5.74) is 1.28. The van der Waals surface area contributed by atoms with Crippen LogP contribution in [-0.4, -0.2) is 28.9 Å². The van der Waals surface area contributed by atoms with Crippen molar-refractivity contribution in [2.45, 2.75) is 19.8 Å². The quantitative estimate of drug-likeness (QED) is 0.833. The van der Waals surface area contributed by atoms with E-state index in [0.717, 1.165) is 19.5 Å². The monoisotopic (exact) mass is 363 g/mol. The van der Waals surface area contributed by atoms with E-state index in [4.69, 9.17) is 23.2 Å². The summed E-state index contributed by atoms with van der Waals surface area (Å²) in [5, 5.41) is 4.25. The normalized spacial score (nSPS) is 17.6. The number of rotatable bonds is 3. The van der Waals surface area contributed by atoms with E-state index in [1.165, 1.54) is 6.42 Å². The number of piperidine rings is 1. The lowest BCUT2D eigenvalue weighted by molar-refractivity contribution is 0.0683. The topological polar surface area (TPSA) is 45.2 Å². The number of nitrogens with one attached hydrogen (secondary N) is 1. The number of aromatic nitrogens is 1. The third kappa shape index (κ3) is 4.00. The van der Waals surface area contributed by atoms with Crippen molar-refractivity contribution in [2.75, 3.05) is 18.4 Å². The lowest BCUT2D eigenvalue weighted by Gasteiger charge is -2.31. The van der Waals surface area contributed by atoms with Crippen LogP contribution in [0.1, 0.15) is 30.1 Å². The first-order valence-corrected chi connectivity index (χ1v) is 8.76. The molecular formula is C18H19Cl2N3O. The molecule has 1 aromatic carbocycles. The Morgan fingerprint density at radius 1 is 1.29 bits per heavy atom. The molecule has 1 aromatic heterocycles. The summed E-state index contributed by atoms with van der Waals surface area (Å²) in [6, 6.07) is 8.66. The second kappa shape index (κ2) is 7.41. The van der Waals surface area contributed by atoms with E-state index < -0.39 is 0 Å². The van der Waals surface area contributed by atoms with Gasteiger partial charge in [0.25, 0.3) is 5.91 Å². The Labute approximate surface area is 151 Å². The summed E-state index contributed by atoms with van der Waals surface area (Å²) in [4.78, 5) is 18.9. The van der Waals surface area contributed by atoms with Crippen LogP contribution in [0.25, 0.3) is 0 Å². The number of hydrogen-bond acceptors (Lipinski definition) is 3. The molecule has 1 atom stereocenters. The molecule has 2 heterocycles. The zero-order valence-electron chi connectivity index (χ0n) is 13.4. The van der Waals surface area contributed by atoms with Crippen molar-refractivity contribution in [2.24, 2.45) is 5.92 Å². The second-order valence-electron chi connectivity index (χ2n) is 6.18. The number of nitrogens with zero attached hydrogens (tertiary/aromatic N) is 2. The van der Waals surface area contributed by atoms with Crippen molar-refractivity contribution < 1.29 is 4.79 Å². The maximum atomic E-state index is 12.7. The molecule has 1 fully saturated rings. The van der Waals surface area contributed by atoms with Gasteiger partial charge in [0.15, 0.2) is 0 Å². The molecule has 0 spiro atoms. The predicted octanol–water partition coefficient (Wildman–Crippen LogP) is 5.00. The van der Waals surface area contributed by atoms with Gasteiger partial charge in [0.1, 0.15) is 5.82 Å². The number of benzene rings is 1. The smallest absolute Gasteiger partial charge is 0.254 e. The molecule has 24 heavy (non-hydrogen) atoms. The van der Waals surface area contributed by atoms with Crippen LogP contribution in [0.3, 0.4) is 0 Å². The van der Waals surface area contributed by atoms with E-state index in [9.17, 15) is 4.79 Å². The van der Waals surface area contributed by atoms with Gasteiger partial charge in [0.2, 0.25) is 0 Å². The van der Waals surface area contributed by atoms with E-state index >= 15 is 0 Å². The molecule has 0 saturated carbocycles. The molecule has 1 saturated heterocycles. The molecule has 1 aliphatic rings. The van der Waals surface area contributed by atoms with Crippen LogP contribution < -0.4 is 5.32 Å². The van der Waals surface area contributed by atoms with Gasteiger partial charge in [0, 0.05) is 29.9 Å². The number of hydrogen-bond donors (Lipinski definition) is 1. The van der Waals surface area contributed by atoms with Gasteiger partial charge in [-0.15, -0.1) is 0 Å². The molecule has 1 aliphatic heterocycles. The molecule has 1 N–H and O–H groups in total. The van der Waals surface area contributed by atoms with Crippen LogP contribution in [0.4, 0.5) is 11.5 Å². The number of carbonyl (C=O) groups is 1. The van der Waals surface area contributed by atoms with Gasteiger partial charge >= 0.3 is 0 Å². The fourth-order valence-corrected chi connectivity index (χ4v) is 3.26. The van der Waals surface area contributed by atoms with Crippen molar-refractivity contribution >= 4 is 40.6 Å². The Morgan fingerprint density at radius 2 is 2.12 bits per heavy atom. The molecule has 6 heteroatoms. The largest absolute Gasteiger partial charge is 0.339 e. The first-order chi connectivity index (χ1) is 11.5. The third-order valence-electron chi connectivity index (χ3n) is 4.14. The molecule has 1 unspecified atom stereocenters. The minimum Gasteiger partial charge on any atom is -0.339 e. The van der Waals surface area contributed by atoms with Crippen molar-refractivity contribution in [3.63, 3.8) is 0 Å². The lowest BCUT2D eigenvalue weighted by Crippen LogP contribution is -2.39. The van der Waals surface area contributed by atoms with Gasteiger partial charge in [-0.1, -0.05) is 30.1 Å². The average Bonchev–Trinajstić information content (AvgIpc) is 2.58. The predicted molar refractivity (Wildman–Crippen MR) is 98.3 cm³/mol. The second-order valence-corrected chi connectivity index (χ2v) is 7.02. The maximum Gasteiger partial charge on any atom is 0.254 e. The summed E-state index contributed by atoms with van der Waals surface area (Å²) in [5.74, 6) is 1.16. The highest BCUT2D eigenvalue weighted by Gasteiger charge is 2.22. The summed E-state index contributed by atoms with van der Waals surface area (Å²) in [6.07, 6.45) is 3.86. The van der Waals surface area contributed by atoms with E-state index in [0.29, 0.717) is 33.0 Å². The fourth-order valence-electron chi connectivity index (χ4n) is 2.92. The van der Waals surface area contributed by atoms with Gasteiger partial charge in [-0.25, -0.2) is 4.98 Å². The summed E-state index contributed by atoms with van der Waals surface area (Å²) in [7, 11) is 0. The van der Waals surface area contributed by atoms with Crippen LogP contribution >= 0.6 is 23.2 Å². The summed E-state index contributed by atoms with van der Waals surface area (Å²) in [6.45, 7) is 3.80. The first kappa shape index (κ1) is 17.1. The van der Waals surface area contributed by atoms with Crippen LogP contribution in [0, 0.1) is 5.92 Å². The number of halogens is 2. The molecule has 2 aromatic rings. The molecule has 3 rings (SSSR count). The zero-order valence-corrected chi connectivity index (χ0v) is 14.9. The van der Waals surface area contributed by atoms with Crippen LogP contribution in [-0.2, 0) is 0 Å². The molecule has 126 valence electrons. The molecule has 0 bridgehead atoms. The minimum absolute atomic E-state index is 0.0455. The van der Waals surface area contributed by atoms with Gasteiger partial charge in [-0.2, -0.15) is 0 Å². The number of amides is 1. The Bertz CT molecular complexity index is 751. The van der Waals surface area contributed by atoms with Crippen LogP contribution in [0.5, 0.6) is 0 Å². The van der Waals surface area contributed by atoms with Crippen molar-refractivity contribution in [3.05, 3.63) is 52.1 Å². The van der Waals surface area contributed by atoms with Gasteiger partial charge in [-0.05, 0) is 49.1 Å². The Hall–Kier alpha value is -1.78. The Morgan fingerprint density at radius 3 is 2.92 bits per heavy atom. The van der Waals surface area contributed by atoms with E-state index in [2.05, 4.69) is 17.2 Å². The SMILES string of the molecule is CC1CCCN(C(=O)c2ccnc(Nc3cc(Cl)ccc3Cl)c2)C1. The Kier molecular flexibility index (Phi) is 5.27. The van der Waals surface area contributed by atoms with Gasteiger partial charge in [0.05, 0.1) is 10.7 Å². The van der Waals surface area contributed by atoms with Crippen molar-refractivity contribution in [1.29, 1.82) is 0 Å². The molecule has 4 nitrogen and oxygen atoms in total. The van der Waals surface area contributed by atoms with Crippen molar-refractivity contribution in [3.8, 4) is 0 Å². The van der Waals surface area contributed by atoms with Crippen LogP contribution in [0.2, 0.25) is 10.0 Å². The average molecular weight is 364 g/mol. The minimum atomic E-state index is 0.0455. The molecule has 0 radical (unpaired) electrons. The van der Waals surface area contributed by atoms with Gasteiger partial charge in [-0.3, -0.25) is 4.79 Å². The standard InChI is InChI=1S/C18H19Cl2N3O/c1-12-3-2-8-23(11-12)18(24)13-6-7-21-17(9-13)22-16-10-14(19)4-5-15(16)20/h4-7,9-10,12H,2-3,8,11H2,1H3,(H,21,22). The highest BCUT2D eigenvalue weighted by molar-refractivity contribution is 6.35. The van der Waals surface area contributed by atoms with E-state index in [-0.39, 0.29) is 5.91 Å². The Balaban J connectivity index is 1.78. The van der Waals surface area contributed by atoms with Gasteiger partial charge < -0.3 is 10.2 Å². The number of carbonyl (C=O) groups excluding carboxylic acids is 1. The summed E-state index contributed by atoms with van der Waals surface area (Å²) < 4.78 is 0. The zero-order chi connectivity index (χ0) is 17.1. The third-order valence-corrected chi connectivity index (χ3v) is 4.71. The maximum absolute atomic E-state index is 12.7. The van der Waals surface area contributed by atoms with E-state index in [1.807, 2.05) is 4.90 Å². The number of pyridine rings is 1. The number of anilines is 2. The summed E-state index contributed by atoms with van der Waals surface area (Å²) >= 11 is 12.2. The highest BCUT2D eigenvalue weighted by Crippen LogP contribution is 2.28. The highest BCUT2D eigenvalue weighted by atomic mass is 35.5. The van der Waals surface area contributed by atoms with Crippen LogP contribution in [0.15, 0.2) is 36.5 Å². The molecular weight excluding hydrogens is 345 g/mol. The first-order valence-electron chi connectivity index (χ1n) is 8.00. The molecule has 1 amide bonds. The van der Waals surface area contributed by atoms with E-state index in [1.54, 1.807) is 36.5 Å². The molecule has 0 aliphatic carbocycles. The fraction of sp³-hybridized carbons (Fsp3) is 0.333. The lowest BCUT2D eigenvalue weighted by atomic mass is 9.99.